The van der Waals surface area contributed by atoms with Gasteiger partial charge in [-0.05, 0) is 24.3 Å². The van der Waals surface area contributed by atoms with E-state index in [4.69, 9.17) is 32.7 Å². The molecule has 0 radical (unpaired) electrons. The lowest BCUT2D eigenvalue weighted by molar-refractivity contribution is -0.114. The number of anilines is 4. The summed E-state index contributed by atoms with van der Waals surface area (Å²) in [4.78, 5) is 20.4. The Labute approximate surface area is 187 Å². The van der Waals surface area contributed by atoms with Crippen LogP contribution in [0.15, 0.2) is 42.7 Å². The van der Waals surface area contributed by atoms with Crippen molar-refractivity contribution >= 4 is 52.1 Å². The molecule has 0 bridgehead atoms. The van der Waals surface area contributed by atoms with E-state index in [1.165, 1.54) is 32.7 Å². The van der Waals surface area contributed by atoms with Crippen LogP contribution in [0.3, 0.4) is 0 Å². The maximum Gasteiger partial charge on any atom is 0.244 e. The van der Waals surface area contributed by atoms with E-state index >= 15 is 0 Å². The van der Waals surface area contributed by atoms with Crippen molar-refractivity contribution in [1.82, 2.24) is 9.97 Å². The predicted molar refractivity (Wildman–Crippen MR) is 118 cm³/mol. The minimum atomic E-state index is -0.379. The molecule has 0 saturated heterocycles. The third-order valence-electron chi connectivity index (χ3n) is 4.04. The fourth-order valence-corrected chi connectivity index (χ4v) is 3.23. The van der Waals surface area contributed by atoms with Gasteiger partial charge in [0.25, 0.3) is 0 Å². The summed E-state index contributed by atoms with van der Waals surface area (Å²) in [5.74, 6) is 0.569. The molecule has 0 aliphatic rings. The van der Waals surface area contributed by atoms with E-state index in [9.17, 15) is 9.18 Å². The first-order valence-electron chi connectivity index (χ1n) is 8.89. The second kappa shape index (κ2) is 10.1. The van der Waals surface area contributed by atoms with Gasteiger partial charge in [0.15, 0.2) is 5.75 Å². The summed E-state index contributed by atoms with van der Waals surface area (Å²) in [6.45, 7) is -0.113. The number of benzene rings is 2. The lowest BCUT2D eigenvalue weighted by atomic mass is 10.2. The summed E-state index contributed by atoms with van der Waals surface area (Å²) < 4.78 is 23.4. The van der Waals surface area contributed by atoms with Crippen LogP contribution >= 0.6 is 23.2 Å². The Morgan fingerprint density at radius 2 is 1.74 bits per heavy atom. The Morgan fingerprint density at radius 3 is 2.42 bits per heavy atom. The highest BCUT2D eigenvalue weighted by Gasteiger charge is 2.17. The fourth-order valence-electron chi connectivity index (χ4n) is 2.58. The zero-order chi connectivity index (χ0) is 22.4. The van der Waals surface area contributed by atoms with Crippen molar-refractivity contribution < 1.29 is 18.7 Å². The summed E-state index contributed by atoms with van der Waals surface area (Å²) in [6, 6.07) is 8.89. The minimum absolute atomic E-state index is 0.113. The van der Waals surface area contributed by atoms with Gasteiger partial charge in [-0.25, -0.2) is 14.4 Å². The number of carbonyl (C=O) groups is 1. The maximum absolute atomic E-state index is 13.0. The van der Waals surface area contributed by atoms with E-state index < -0.39 is 0 Å². The summed E-state index contributed by atoms with van der Waals surface area (Å²) in [5.41, 5.74) is 1.05. The SMILES string of the molecule is COc1cc(NCC(=O)Nc2cc(Nc3ccc(F)cc3)ncn2)c(Cl)c(OC)c1Cl. The molecule has 0 saturated carbocycles. The number of nitrogens with zero attached hydrogens (tertiary/aromatic N) is 2. The summed E-state index contributed by atoms with van der Waals surface area (Å²) in [7, 11) is 2.88. The number of halogens is 3. The Morgan fingerprint density at radius 1 is 1.03 bits per heavy atom. The molecular weight excluding hydrogens is 448 g/mol. The topological polar surface area (TPSA) is 97.4 Å². The second-order valence-electron chi connectivity index (χ2n) is 6.11. The summed E-state index contributed by atoms with van der Waals surface area (Å²) in [6.07, 6.45) is 1.29. The number of amides is 1. The molecule has 0 atom stereocenters. The van der Waals surface area contributed by atoms with Crippen LogP contribution < -0.4 is 25.4 Å². The molecule has 1 aromatic heterocycles. The lowest BCUT2D eigenvalue weighted by Crippen LogP contribution is -2.22. The third-order valence-corrected chi connectivity index (χ3v) is 4.77. The molecule has 0 unspecified atom stereocenters. The number of methoxy groups -OCH3 is 2. The van der Waals surface area contributed by atoms with E-state index in [-0.39, 0.29) is 39.9 Å². The van der Waals surface area contributed by atoms with Crippen LogP contribution in [-0.2, 0) is 4.79 Å². The van der Waals surface area contributed by atoms with Gasteiger partial charge in [-0.3, -0.25) is 4.79 Å². The average Bonchev–Trinajstić information content (AvgIpc) is 2.75. The first-order chi connectivity index (χ1) is 14.9. The van der Waals surface area contributed by atoms with Crippen molar-refractivity contribution in [3.05, 3.63) is 58.6 Å². The molecule has 3 rings (SSSR count). The van der Waals surface area contributed by atoms with Crippen molar-refractivity contribution in [1.29, 1.82) is 0 Å². The number of hydrogen-bond donors (Lipinski definition) is 3. The van der Waals surface area contributed by atoms with Crippen molar-refractivity contribution in [2.75, 3.05) is 36.7 Å². The largest absolute Gasteiger partial charge is 0.495 e. The highest BCUT2D eigenvalue weighted by molar-refractivity contribution is 6.39. The first kappa shape index (κ1) is 22.4. The van der Waals surface area contributed by atoms with Crippen molar-refractivity contribution in [3.8, 4) is 11.5 Å². The van der Waals surface area contributed by atoms with E-state index in [2.05, 4.69) is 25.9 Å². The molecule has 1 heterocycles. The van der Waals surface area contributed by atoms with Crippen molar-refractivity contribution in [2.45, 2.75) is 0 Å². The molecule has 1 amide bonds. The molecule has 2 aromatic carbocycles. The van der Waals surface area contributed by atoms with Crippen molar-refractivity contribution in [2.24, 2.45) is 0 Å². The molecule has 8 nitrogen and oxygen atoms in total. The number of aromatic nitrogens is 2. The van der Waals surface area contributed by atoms with Crippen LogP contribution in [0.5, 0.6) is 11.5 Å². The molecule has 0 aliphatic carbocycles. The Bertz CT molecular complexity index is 1080. The highest BCUT2D eigenvalue weighted by atomic mass is 35.5. The molecule has 0 fully saturated rings. The number of rotatable bonds is 8. The Hall–Kier alpha value is -3.30. The quantitative estimate of drug-likeness (QED) is 0.442. The molecule has 0 aliphatic heterocycles. The summed E-state index contributed by atoms with van der Waals surface area (Å²) >= 11 is 12.4. The van der Waals surface area contributed by atoms with Crippen LogP contribution in [-0.4, -0.2) is 36.6 Å². The normalized spacial score (nSPS) is 10.4. The van der Waals surface area contributed by atoms with Gasteiger partial charge in [0.1, 0.15) is 39.6 Å². The van der Waals surface area contributed by atoms with Crippen molar-refractivity contribution in [3.63, 3.8) is 0 Å². The van der Waals surface area contributed by atoms with Gasteiger partial charge in [0.05, 0.1) is 26.5 Å². The molecule has 3 N–H and O–H groups in total. The van der Waals surface area contributed by atoms with Crippen LogP contribution in [0.2, 0.25) is 10.0 Å². The second-order valence-corrected chi connectivity index (χ2v) is 6.87. The van der Waals surface area contributed by atoms with Crippen LogP contribution in [0, 0.1) is 5.82 Å². The molecular formula is C20H18Cl2FN5O3. The van der Waals surface area contributed by atoms with Gasteiger partial charge in [-0.15, -0.1) is 0 Å². The smallest absolute Gasteiger partial charge is 0.244 e. The highest BCUT2D eigenvalue weighted by Crippen LogP contribution is 2.44. The monoisotopic (exact) mass is 465 g/mol. The maximum atomic E-state index is 13.0. The predicted octanol–water partition coefficient (Wildman–Crippen LogP) is 4.73. The number of carbonyl (C=O) groups excluding carboxylic acids is 1. The zero-order valence-corrected chi connectivity index (χ0v) is 18.0. The average molecular weight is 466 g/mol. The lowest BCUT2D eigenvalue weighted by Gasteiger charge is -2.15. The van der Waals surface area contributed by atoms with E-state index in [0.717, 1.165) is 0 Å². The Kier molecular flexibility index (Phi) is 7.32. The number of ether oxygens (including phenoxy) is 2. The van der Waals surface area contributed by atoms with E-state index in [1.807, 2.05) is 0 Å². The van der Waals surface area contributed by atoms with Crippen LogP contribution in [0.4, 0.5) is 27.4 Å². The van der Waals surface area contributed by atoms with E-state index in [0.29, 0.717) is 22.9 Å². The van der Waals surface area contributed by atoms with Gasteiger partial charge in [-0.1, -0.05) is 23.2 Å². The molecule has 3 aromatic rings. The molecule has 0 spiro atoms. The Balaban J connectivity index is 1.64. The molecule has 11 heteroatoms. The van der Waals surface area contributed by atoms with Crippen LogP contribution in [0.1, 0.15) is 0 Å². The fraction of sp³-hybridized carbons (Fsp3) is 0.150. The van der Waals surface area contributed by atoms with Gasteiger partial charge in [0, 0.05) is 17.8 Å². The zero-order valence-electron chi connectivity index (χ0n) is 16.5. The van der Waals surface area contributed by atoms with Gasteiger partial charge < -0.3 is 25.4 Å². The minimum Gasteiger partial charge on any atom is -0.495 e. The van der Waals surface area contributed by atoms with Gasteiger partial charge in [0.2, 0.25) is 5.91 Å². The molecule has 31 heavy (non-hydrogen) atoms. The third kappa shape index (κ3) is 5.65. The molecule has 162 valence electrons. The van der Waals surface area contributed by atoms with Gasteiger partial charge in [-0.2, -0.15) is 0 Å². The van der Waals surface area contributed by atoms with Crippen LogP contribution in [0.25, 0.3) is 0 Å². The van der Waals surface area contributed by atoms with E-state index in [1.54, 1.807) is 24.3 Å². The summed E-state index contributed by atoms with van der Waals surface area (Å²) in [5, 5.41) is 9.01. The first-order valence-corrected chi connectivity index (χ1v) is 9.65. The standard InChI is InChI=1S/C20H18Cl2FN5O3/c1-30-14-7-13(18(21)20(31-2)19(14)22)24-9-17(29)28-16-8-15(25-10-26-16)27-12-5-3-11(23)4-6-12/h3-8,10,24H,9H2,1-2H3,(H2,25,26,27,28,29). The van der Waals surface area contributed by atoms with Gasteiger partial charge >= 0.3 is 0 Å². The number of nitrogens with one attached hydrogen (secondary N) is 3. The number of hydrogen-bond acceptors (Lipinski definition) is 7.